The first-order chi connectivity index (χ1) is 12.8. The first kappa shape index (κ1) is 19.4. The largest absolute Gasteiger partial charge is 0.365 e. The Labute approximate surface area is 156 Å². The van der Waals surface area contributed by atoms with E-state index >= 15 is 0 Å². The van der Waals surface area contributed by atoms with E-state index in [0.29, 0.717) is 19.3 Å². The molecule has 2 aromatic rings. The monoisotopic (exact) mass is 377 g/mol. The molecule has 1 N–H and O–H groups in total. The molecular weight excluding hydrogens is 355 g/mol. The highest BCUT2D eigenvalue weighted by atomic mass is 19.1. The molecule has 0 aromatic heterocycles. The number of amides is 1. The molecule has 0 saturated carbocycles. The van der Waals surface area contributed by atoms with Gasteiger partial charge in [-0.3, -0.25) is 4.79 Å². The zero-order valence-electron chi connectivity index (χ0n) is 15.3. The Morgan fingerprint density at radius 3 is 2.37 bits per heavy atom. The fourth-order valence-electron chi connectivity index (χ4n) is 3.54. The second-order valence-electron chi connectivity index (χ2n) is 7.20. The SMILES string of the molecule is CCC(=O)N[C@@]1(C)C[C@@H](c2ccc(F)cc2)O[C@@H](c2cc(F)ccc2F)C1. The number of benzene rings is 2. The van der Waals surface area contributed by atoms with Crippen molar-refractivity contribution in [3.63, 3.8) is 0 Å². The van der Waals surface area contributed by atoms with Gasteiger partial charge in [-0.25, -0.2) is 13.2 Å². The van der Waals surface area contributed by atoms with Gasteiger partial charge < -0.3 is 10.1 Å². The van der Waals surface area contributed by atoms with Crippen LogP contribution in [0.2, 0.25) is 0 Å². The highest BCUT2D eigenvalue weighted by molar-refractivity contribution is 5.76. The molecular formula is C21H22F3NO2. The van der Waals surface area contributed by atoms with Crippen LogP contribution in [0.4, 0.5) is 13.2 Å². The van der Waals surface area contributed by atoms with E-state index < -0.39 is 29.4 Å². The molecule has 6 heteroatoms. The van der Waals surface area contributed by atoms with E-state index in [0.717, 1.165) is 23.8 Å². The summed E-state index contributed by atoms with van der Waals surface area (Å²) in [7, 11) is 0. The maximum absolute atomic E-state index is 14.3. The Kier molecular flexibility index (Phi) is 5.56. The second kappa shape index (κ2) is 7.72. The van der Waals surface area contributed by atoms with Gasteiger partial charge in [0, 0.05) is 30.4 Å². The topological polar surface area (TPSA) is 38.3 Å². The first-order valence-corrected chi connectivity index (χ1v) is 8.96. The van der Waals surface area contributed by atoms with Crippen LogP contribution in [0.3, 0.4) is 0 Å². The van der Waals surface area contributed by atoms with Crippen LogP contribution < -0.4 is 5.32 Å². The van der Waals surface area contributed by atoms with Gasteiger partial charge >= 0.3 is 0 Å². The van der Waals surface area contributed by atoms with Gasteiger partial charge in [0.1, 0.15) is 17.5 Å². The molecule has 1 fully saturated rings. The Morgan fingerprint density at radius 2 is 1.70 bits per heavy atom. The lowest BCUT2D eigenvalue weighted by Gasteiger charge is -2.43. The summed E-state index contributed by atoms with van der Waals surface area (Å²) in [5.41, 5.74) is 0.155. The number of halogens is 3. The highest BCUT2D eigenvalue weighted by Crippen LogP contribution is 2.44. The summed E-state index contributed by atoms with van der Waals surface area (Å²) >= 11 is 0. The molecule has 2 aromatic carbocycles. The smallest absolute Gasteiger partial charge is 0.220 e. The van der Waals surface area contributed by atoms with Crippen LogP contribution in [-0.2, 0) is 9.53 Å². The minimum absolute atomic E-state index is 0.110. The van der Waals surface area contributed by atoms with Crippen molar-refractivity contribution in [3.8, 4) is 0 Å². The van der Waals surface area contributed by atoms with Gasteiger partial charge in [-0.05, 0) is 42.8 Å². The molecule has 3 rings (SSSR count). The van der Waals surface area contributed by atoms with E-state index in [2.05, 4.69) is 5.32 Å². The number of carbonyl (C=O) groups is 1. The van der Waals surface area contributed by atoms with E-state index in [4.69, 9.17) is 4.74 Å². The summed E-state index contributed by atoms with van der Waals surface area (Å²) in [6.07, 6.45) is -0.175. The Balaban J connectivity index is 1.96. The zero-order chi connectivity index (χ0) is 19.6. The minimum Gasteiger partial charge on any atom is -0.365 e. The molecule has 1 amide bonds. The number of rotatable bonds is 4. The van der Waals surface area contributed by atoms with E-state index in [-0.39, 0.29) is 17.3 Å². The molecule has 1 saturated heterocycles. The van der Waals surface area contributed by atoms with E-state index in [9.17, 15) is 18.0 Å². The summed E-state index contributed by atoms with van der Waals surface area (Å²) in [5.74, 6) is -1.62. The lowest BCUT2D eigenvalue weighted by atomic mass is 9.81. The van der Waals surface area contributed by atoms with E-state index in [1.54, 1.807) is 19.1 Å². The third kappa shape index (κ3) is 4.50. The molecule has 0 aliphatic carbocycles. The van der Waals surface area contributed by atoms with Crippen molar-refractivity contribution in [1.29, 1.82) is 0 Å². The molecule has 27 heavy (non-hydrogen) atoms. The van der Waals surface area contributed by atoms with E-state index in [1.807, 2.05) is 6.92 Å². The Morgan fingerprint density at radius 1 is 1.07 bits per heavy atom. The second-order valence-corrected chi connectivity index (χ2v) is 7.20. The molecule has 3 atom stereocenters. The van der Waals surface area contributed by atoms with Crippen LogP contribution in [0.15, 0.2) is 42.5 Å². The number of hydrogen-bond donors (Lipinski definition) is 1. The van der Waals surface area contributed by atoms with Gasteiger partial charge in [0.15, 0.2) is 0 Å². The average Bonchev–Trinajstić information content (AvgIpc) is 2.63. The van der Waals surface area contributed by atoms with Crippen molar-refractivity contribution < 1.29 is 22.7 Å². The first-order valence-electron chi connectivity index (χ1n) is 8.96. The normalized spacial score (nSPS) is 25.2. The summed E-state index contributed by atoms with van der Waals surface area (Å²) in [6, 6.07) is 9.10. The van der Waals surface area contributed by atoms with Gasteiger partial charge in [-0.15, -0.1) is 0 Å². The highest BCUT2D eigenvalue weighted by Gasteiger charge is 2.41. The predicted octanol–water partition coefficient (Wildman–Crippen LogP) is 4.98. The van der Waals surface area contributed by atoms with Crippen molar-refractivity contribution in [2.45, 2.75) is 50.9 Å². The lowest BCUT2D eigenvalue weighted by molar-refractivity contribution is -0.128. The van der Waals surface area contributed by atoms with Crippen LogP contribution >= 0.6 is 0 Å². The third-order valence-corrected chi connectivity index (χ3v) is 4.91. The molecule has 0 bridgehead atoms. The van der Waals surface area contributed by atoms with Crippen molar-refractivity contribution in [3.05, 3.63) is 71.0 Å². The molecule has 1 heterocycles. The fraction of sp³-hybridized carbons (Fsp3) is 0.381. The van der Waals surface area contributed by atoms with Crippen molar-refractivity contribution in [2.75, 3.05) is 0 Å². The van der Waals surface area contributed by atoms with Gasteiger partial charge in [-0.1, -0.05) is 19.1 Å². The number of nitrogens with one attached hydrogen (secondary N) is 1. The molecule has 1 aliphatic heterocycles. The quantitative estimate of drug-likeness (QED) is 0.816. The maximum Gasteiger partial charge on any atom is 0.220 e. The molecule has 144 valence electrons. The van der Waals surface area contributed by atoms with Crippen LogP contribution in [0, 0.1) is 17.5 Å². The molecule has 0 radical (unpaired) electrons. The Bertz CT molecular complexity index is 825. The summed E-state index contributed by atoms with van der Waals surface area (Å²) in [5, 5.41) is 2.98. The van der Waals surface area contributed by atoms with Crippen molar-refractivity contribution in [2.24, 2.45) is 0 Å². The predicted molar refractivity (Wildman–Crippen MR) is 95.4 cm³/mol. The maximum atomic E-state index is 14.3. The van der Waals surface area contributed by atoms with Crippen LogP contribution in [0.25, 0.3) is 0 Å². The number of hydrogen-bond acceptors (Lipinski definition) is 2. The van der Waals surface area contributed by atoms with E-state index in [1.165, 1.54) is 12.1 Å². The van der Waals surface area contributed by atoms with Gasteiger partial charge in [0.2, 0.25) is 5.91 Å². The fourth-order valence-corrected chi connectivity index (χ4v) is 3.54. The average molecular weight is 377 g/mol. The van der Waals surface area contributed by atoms with Crippen molar-refractivity contribution in [1.82, 2.24) is 5.32 Å². The lowest BCUT2D eigenvalue weighted by Crippen LogP contribution is -2.50. The summed E-state index contributed by atoms with van der Waals surface area (Å²) in [4.78, 5) is 12.0. The molecule has 1 aliphatic rings. The number of carbonyl (C=O) groups excluding carboxylic acids is 1. The Hall–Kier alpha value is -2.34. The number of ether oxygens (including phenoxy) is 1. The van der Waals surface area contributed by atoms with Gasteiger partial charge in [0.25, 0.3) is 0 Å². The minimum atomic E-state index is -0.744. The third-order valence-electron chi connectivity index (χ3n) is 4.91. The van der Waals surface area contributed by atoms with Gasteiger partial charge in [0.05, 0.1) is 12.2 Å². The molecule has 0 unspecified atom stereocenters. The van der Waals surface area contributed by atoms with Crippen LogP contribution in [0.5, 0.6) is 0 Å². The standard InChI is InChI=1S/C21H22F3NO2/c1-3-20(26)25-21(2)11-18(13-4-6-14(22)7-5-13)27-19(12-21)16-10-15(23)8-9-17(16)24/h4-10,18-19H,3,11-12H2,1-2H3,(H,25,26)/t18-,19+,21-/m0/s1. The zero-order valence-corrected chi connectivity index (χ0v) is 15.3. The van der Waals surface area contributed by atoms with Crippen LogP contribution in [0.1, 0.15) is 56.4 Å². The summed E-state index contributed by atoms with van der Waals surface area (Å²) < 4.78 is 47.4. The van der Waals surface area contributed by atoms with Crippen molar-refractivity contribution >= 4 is 5.91 Å². The summed E-state index contributed by atoms with van der Waals surface area (Å²) in [6.45, 7) is 3.61. The molecule has 0 spiro atoms. The van der Waals surface area contributed by atoms with Crippen LogP contribution in [-0.4, -0.2) is 11.4 Å². The molecule has 3 nitrogen and oxygen atoms in total. The van der Waals surface area contributed by atoms with Gasteiger partial charge in [-0.2, -0.15) is 0 Å².